The van der Waals surface area contributed by atoms with Crippen molar-refractivity contribution in [2.75, 3.05) is 18.0 Å². The Morgan fingerprint density at radius 2 is 2.06 bits per heavy atom. The first-order valence-electron chi connectivity index (χ1n) is 6.45. The molecule has 2 aliphatic heterocycles. The van der Waals surface area contributed by atoms with Crippen molar-refractivity contribution in [1.82, 2.24) is 4.90 Å². The third kappa shape index (κ3) is 1.45. The van der Waals surface area contributed by atoms with E-state index in [4.69, 9.17) is 0 Å². The van der Waals surface area contributed by atoms with Crippen LogP contribution in [0.5, 0.6) is 0 Å². The van der Waals surface area contributed by atoms with E-state index < -0.39 is 0 Å². The second-order valence-electron chi connectivity index (χ2n) is 4.76. The molecule has 0 unspecified atom stereocenters. The normalized spacial score (nSPS) is 22.8. The molecule has 4 heteroatoms. The molecule has 0 aliphatic carbocycles. The molecule has 0 saturated carbocycles. The third-order valence-electron chi connectivity index (χ3n) is 3.81. The molecule has 0 bridgehead atoms. The topological polar surface area (TPSA) is 40.6 Å². The Morgan fingerprint density at radius 3 is 2.83 bits per heavy atom. The van der Waals surface area contributed by atoms with Crippen molar-refractivity contribution < 1.29 is 9.59 Å². The summed E-state index contributed by atoms with van der Waals surface area (Å²) >= 11 is 0. The zero-order valence-corrected chi connectivity index (χ0v) is 10.4. The van der Waals surface area contributed by atoms with Gasteiger partial charge in [-0.2, -0.15) is 0 Å². The number of hydrogen-bond acceptors (Lipinski definition) is 2. The minimum absolute atomic E-state index is 0.00241. The molecule has 2 amide bonds. The lowest BCUT2D eigenvalue weighted by Gasteiger charge is -2.24. The van der Waals surface area contributed by atoms with Crippen molar-refractivity contribution in [3.05, 3.63) is 29.8 Å². The summed E-state index contributed by atoms with van der Waals surface area (Å²) < 4.78 is 0. The molecule has 1 saturated heterocycles. The van der Waals surface area contributed by atoms with E-state index in [-0.39, 0.29) is 17.9 Å². The van der Waals surface area contributed by atoms with E-state index in [0.29, 0.717) is 18.7 Å². The number of carbonyl (C=O) groups excluding carboxylic acids is 2. The highest BCUT2D eigenvalue weighted by Crippen LogP contribution is 2.31. The highest BCUT2D eigenvalue weighted by Gasteiger charge is 2.41. The lowest BCUT2D eigenvalue weighted by Crippen LogP contribution is -2.44. The fourth-order valence-electron chi connectivity index (χ4n) is 2.94. The Labute approximate surface area is 106 Å². The van der Waals surface area contributed by atoms with E-state index in [2.05, 4.69) is 0 Å². The van der Waals surface area contributed by atoms with Gasteiger partial charge in [-0.3, -0.25) is 9.59 Å². The van der Waals surface area contributed by atoms with Gasteiger partial charge in [-0.1, -0.05) is 12.1 Å². The first-order valence-corrected chi connectivity index (χ1v) is 6.45. The molecule has 0 spiro atoms. The van der Waals surface area contributed by atoms with Gasteiger partial charge in [0.05, 0.1) is 11.3 Å². The molecule has 1 fully saturated rings. The molecule has 0 N–H and O–H groups in total. The van der Waals surface area contributed by atoms with Crippen molar-refractivity contribution in [2.24, 2.45) is 0 Å². The second-order valence-corrected chi connectivity index (χ2v) is 4.76. The first kappa shape index (κ1) is 11.3. The number of hydrogen-bond donors (Lipinski definition) is 0. The van der Waals surface area contributed by atoms with Crippen LogP contribution < -0.4 is 4.90 Å². The number of rotatable bonds is 1. The van der Waals surface area contributed by atoms with Crippen LogP contribution in [0.15, 0.2) is 24.3 Å². The van der Waals surface area contributed by atoms with Crippen LogP contribution in [0.1, 0.15) is 30.1 Å². The highest BCUT2D eigenvalue weighted by molar-refractivity contribution is 6.11. The number of benzene rings is 1. The van der Waals surface area contributed by atoms with E-state index in [0.717, 1.165) is 18.5 Å². The smallest absolute Gasteiger partial charge is 0.256 e. The van der Waals surface area contributed by atoms with Gasteiger partial charge in [-0.15, -0.1) is 0 Å². The van der Waals surface area contributed by atoms with Crippen LogP contribution >= 0.6 is 0 Å². The number of fused-ring (bicyclic) bond motifs is 2. The molecule has 2 aliphatic rings. The summed E-state index contributed by atoms with van der Waals surface area (Å²) in [5.74, 6) is 0.0608. The van der Waals surface area contributed by atoms with Gasteiger partial charge in [0.1, 0.15) is 6.04 Å². The number of carbonyl (C=O) groups is 2. The van der Waals surface area contributed by atoms with Crippen molar-refractivity contribution >= 4 is 17.5 Å². The van der Waals surface area contributed by atoms with E-state index >= 15 is 0 Å². The molecule has 0 radical (unpaired) electrons. The molecular weight excluding hydrogens is 228 g/mol. The summed E-state index contributed by atoms with van der Waals surface area (Å²) in [5.41, 5.74) is 1.40. The first-order chi connectivity index (χ1) is 8.74. The fourth-order valence-corrected chi connectivity index (χ4v) is 2.94. The van der Waals surface area contributed by atoms with Gasteiger partial charge in [-0.05, 0) is 31.9 Å². The molecule has 0 aromatic heterocycles. The summed E-state index contributed by atoms with van der Waals surface area (Å²) in [7, 11) is 0. The number of anilines is 1. The van der Waals surface area contributed by atoms with Gasteiger partial charge in [0.15, 0.2) is 0 Å². The van der Waals surface area contributed by atoms with Crippen LogP contribution in [-0.2, 0) is 4.79 Å². The van der Waals surface area contributed by atoms with Crippen LogP contribution in [0.3, 0.4) is 0 Å². The number of amides is 2. The third-order valence-corrected chi connectivity index (χ3v) is 3.81. The summed E-state index contributed by atoms with van der Waals surface area (Å²) in [6, 6.07) is 7.14. The largest absolute Gasteiger partial charge is 0.327 e. The van der Waals surface area contributed by atoms with E-state index in [9.17, 15) is 9.59 Å². The highest BCUT2D eigenvalue weighted by atomic mass is 16.2. The summed E-state index contributed by atoms with van der Waals surface area (Å²) in [4.78, 5) is 28.4. The maximum absolute atomic E-state index is 12.5. The Balaban J connectivity index is 2.17. The number of likely N-dealkylation sites (N-methyl/N-ethyl adjacent to an activating group) is 1. The average Bonchev–Trinajstić information content (AvgIpc) is 2.85. The standard InChI is InChI=1S/C14H16N2O2/c1-2-15-11-7-4-3-6-10(11)13(17)16-9-5-8-12(16)14(15)18/h3-4,6-7,12H,2,5,8-9H2,1H3/t12-/m1/s1. The molecule has 4 nitrogen and oxygen atoms in total. The summed E-state index contributed by atoms with van der Waals surface area (Å²) in [6.45, 7) is 3.25. The van der Waals surface area contributed by atoms with Crippen LogP contribution in [0.4, 0.5) is 5.69 Å². The minimum atomic E-state index is -0.259. The summed E-state index contributed by atoms with van der Waals surface area (Å²) in [6.07, 6.45) is 1.71. The maximum atomic E-state index is 12.5. The monoisotopic (exact) mass is 244 g/mol. The average molecular weight is 244 g/mol. The minimum Gasteiger partial charge on any atom is -0.327 e. The van der Waals surface area contributed by atoms with Crippen molar-refractivity contribution in [2.45, 2.75) is 25.8 Å². The number of nitrogens with zero attached hydrogens (tertiary/aromatic N) is 2. The molecule has 1 aromatic carbocycles. The van der Waals surface area contributed by atoms with Crippen LogP contribution in [0.25, 0.3) is 0 Å². The predicted octanol–water partition coefficient (Wildman–Crippen LogP) is 1.66. The molecular formula is C14H16N2O2. The second kappa shape index (κ2) is 4.12. The molecule has 2 heterocycles. The van der Waals surface area contributed by atoms with Crippen LogP contribution in [0.2, 0.25) is 0 Å². The van der Waals surface area contributed by atoms with Gasteiger partial charge in [0, 0.05) is 13.1 Å². The van der Waals surface area contributed by atoms with E-state index in [1.54, 1.807) is 9.80 Å². The zero-order valence-electron chi connectivity index (χ0n) is 10.4. The Kier molecular flexibility index (Phi) is 2.58. The van der Waals surface area contributed by atoms with Crippen LogP contribution in [0, 0.1) is 0 Å². The predicted molar refractivity (Wildman–Crippen MR) is 68.5 cm³/mol. The van der Waals surface area contributed by atoms with Gasteiger partial charge < -0.3 is 9.80 Å². The zero-order chi connectivity index (χ0) is 12.7. The van der Waals surface area contributed by atoms with Crippen LogP contribution in [-0.4, -0.2) is 35.8 Å². The molecule has 18 heavy (non-hydrogen) atoms. The lowest BCUT2D eigenvalue weighted by atomic mass is 10.1. The van der Waals surface area contributed by atoms with Gasteiger partial charge in [-0.25, -0.2) is 0 Å². The van der Waals surface area contributed by atoms with Crippen molar-refractivity contribution in [1.29, 1.82) is 0 Å². The molecule has 1 aromatic rings. The van der Waals surface area contributed by atoms with Crippen molar-refractivity contribution in [3.8, 4) is 0 Å². The summed E-state index contributed by atoms with van der Waals surface area (Å²) in [5, 5.41) is 0. The van der Waals surface area contributed by atoms with Gasteiger partial charge in [0.2, 0.25) is 5.91 Å². The SMILES string of the molecule is CCN1C(=O)[C@H]2CCCN2C(=O)c2ccccc21. The molecule has 3 rings (SSSR count). The van der Waals surface area contributed by atoms with Gasteiger partial charge >= 0.3 is 0 Å². The van der Waals surface area contributed by atoms with E-state index in [1.165, 1.54) is 0 Å². The Hall–Kier alpha value is -1.84. The van der Waals surface area contributed by atoms with Crippen molar-refractivity contribution in [3.63, 3.8) is 0 Å². The quantitative estimate of drug-likeness (QED) is 0.753. The lowest BCUT2D eigenvalue weighted by molar-refractivity contribution is -0.122. The fraction of sp³-hybridized carbons (Fsp3) is 0.429. The van der Waals surface area contributed by atoms with E-state index in [1.807, 2.05) is 31.2 Å². The Morgan fingerprint density at radius 1 is 1.28 bits per heavy atom. The molecule has 94 valence electrons. The Bertz CT molecular complexity index is 512. The maximum Gasteiger partial charge on any atom is 0.256 e. The number of para-hydroxylation sites is 1. The molecule has 1 atom stereocenters. The van der Waals surface area contributed by atoms with Gasteiger partial charge in [0.25, 0.3) is 5.91 Å².